The minimum Gasteiger partial charge on any atom is -0.279 e. The van der Waals surface area contributed by atoms with E-state index >= 15 is 0 Å². The first-order valence-corrected chi connectivity index (χ1v) is 11.1. The molecule has 1 N–H and O–H groups in total. The lowest BCUT2D eigenvalue weighted by Gasteiger charge is -2.22. The van der Waals surface area contributed by atoms with Crippen molar-refractivity contribution in [1.29, 1.82) is 0 Å². The maximum Gasteiger partial charge on any atom is 0.213 e. The summed E-state index contributed by atoms with van der Waals surface area (Å²) in [6.07, 6.45) is 8.23. The highest BCUT2D eigenvalue weighted by atomic mass is 35.5. The third-order valence-electron chi connectivity index (χ3n) is 4.26. The molecule has 0 aromatic heterocycles. The molecule has 0 saturated heterocycles. The van der Waals surface area contributed by atoms with Gasteiger partial charge >= 0.3 is 0 Å². The first-order valence-electron chi connectivity index (χ1n) is 9.14. The van der Waals surface area contributed by atoms with Gasteiger partial charge in [0.25, 0.3) is 0 Å². The van der Waals surface area contributed by atoms with Crippen molar-refractivity contribution in [3.8, 4) is 0 Å². The van der Waals surface area contributed by atoms with Crippen LogP contribution in [-0.4, -0.2) is 38.3 Å². The Morgan fingerprint density at radius 2 is 1.96 bits per heavy atom. The number of sulfonamides is 1. The van der Waals surface area contributed by atoms with Crippen LogP contribution >= 0.6 is 11.6 Å². The van der Waals surface area contributed by atoms with E-state index in [0.717, 1.165) is 18.5 Å². The van der Waals surface area contributed by atoms with E-state index < -0.39 is 10.0 Å². The molecular weight excluding hydrogens is 370 g/mol. The predicted molar refractivity (Wildman–Crippen MR) is 114 cm³/mol. The Bertz CT molecular complexity index is 625. The van der Waals surface area contributed by atoms with Crippen molar-refractivity contribution in [3.05, 3.63) is 34.5 Å². The van der Waals surface area contributed by atoms with Crippen LogP contribution in [0.15, 0.2) is 39.6 Å². The second kappa shape index (κ2) is 13.1. The van der Waals surface area contributed by atoms with Crippen LogP contribution in [0.4, 0.5) is 0 Å². The van der Waals surface area contributed by atoms with Gasteiger partial charge in [0.15, 0.2) is 0 Å². The molecular formula is C19H34ClN3O2S. The van der Waals surface area contributed by atoms with Gasteiger partial charge in [-0.3, -0.25) is 5.43 Å². The monoisotopic (exact) mass is 403 g/mol. The largest absolute Gasteiger partial charge is 0.279 e. The summed E-state index contributed by atoms with van der Waals surface area (Å²) in [6, 6.07) is 0. The molecule has 5 nitrogen and oxygen atoms in total. The molecule has 0 fully saturated rings. The Balaban J connectivity index is 4.79. The molecule has 26 heavy (non-hydrogen) atoms. The third-order valence-corrected chi connectivity index (χ3v) is 6.48. The molecule has 0 aliphatic carbocycles. The lowest BCUT2D eigenvalue weighted by atomic mass is 9.98. The number of hydrogen-bond acceptors (Lipinski definition) is 4. The average Bonchev–Trinajstić information content (AvgIpc) is 2.60. The van der Waals surface area contributed by atoms with Crippen LogP contribution in [0.5, 0.6) is 0 Å². The van der Waals surface area contributed by atoms with E-state index in [2.05, 4.69) is 37.2 Å². The minimum atomic E-state index is -3.13. The van der Waals surface area contributed by atoms with Gasteiger partial charge in [-0.1, -0.05) is 50.1 Å². The van der Waals surface area contributed by atoms with Crippen molar-refractivity contribution in [2.75, 3.05) is 18.8 Å². The molecule has 0 bridgehead atoms. The molecule has 0 heterocycles. The van der Waals surface area contributed by atoms with Gasteiger partial charge in [0.05, 0.1) is 11.4 Å². The van der Waals surface area contributed by atoms with E-state index in [1.54, 1.807) is 11.2 Å². The summed E-state index contributed by atoms with van der Waals surface area (Å²) in [4.78, 5) is 0. The predicted octanol–water partition coefficient (Wildman–Crippen LogP) is 4.64. The highest BCUT2D eigenvalue weighted by Gasteiger charge is 2.18. The summed E-state index contributed by atoms with van der Waals surface area (Å²) >= 11 is 6.31. The van der Waals surface area contributed by atoms with E-state index in [-0.39, 0.29) is 5.75 Å². The van der Waals surface area contributed by atoms with Crippen molar-refractivity contribution in [1.82, 2.24) is 9.73 Å². The van der Waals surface area contributed by atoms with Gasteiger partial charge in [0.1, 0.15) is 0 Å². The van der Waals surface area contributed by atoms with E-state index in [9.17, 15) is 8.42 Å². The molecule has 1 atom stereocenters. The zero-order chi connectivity index (χ0) is 20.2. The normalized spacial score (nSPS) is 15.3. The molecule has 1 unspecified atom stereocenters. The first kappa shape index (κ1) is 24.9. The average molecular weight is 404 g/mol. The maximum atomic E-state index is 12.0. The fraction of sp³-hybridized carbons (Fsp3) is 0.632. The number of hydrogen-bond donors (Lipinski definition) is 1. The number of nitrogens with one attached hydrogen (secondary N) is 1. The van der Waals surface area contributed by atoms with Crippen LogP contribution in [0.3, 0.4) is 0 Å². The van der Waals surface area contributed by atoms with E-state index in [1.807, 2.05) is 26.0 Å². The van der Waals surface area contributed by atoms with Crippen LogP contribution in [-0.2, 0) is 10.0 Å². The van der Waals surface area contributed by atoms with Crippen LogP contribution in [0, 0.1) is 5.92 Å². The van der Waals surface area contributed by atoms with Gasteiger partial charge in [-0.2, -0.15) is 5.10 Å². The molecule has 0 spiro atoms. The zero-order valence-corrected chi connectivity index (χ0v) is 18.3. The van der Waals surface area contributed by atoms with Crippen molar-refractivity contribution < 1.29 is 8.42 Å². The number of allylic oxidation sites excluding steroid dienone is 5. The summed E-state index contributed by atoms with van der Waals surface area (Å²) in [6.45, 7) is 14.2. The van der Waals surface area contributed by atoms with E-state index in [4.69, 9.17) is 11.6 Å². The summed E-state index contributed by atoms with van der Waals surface area (Å²) < 4.78 is 25.6. The van der Waals surface area contributed by atoms with E-state index in [1.165, 1.54) is 5.57 Å². The zero-order valence-electron chi connectivity index (χ0n) is 16.8. The van der Waals surface area contributed by atoms with Crippen LogP contribution < -0.4 is 5.43 Å². The molecule has 150 valence electrons. The Hall–Kier alpha value is -1.11. The summed E-state index contributed by atoms with van der Waals surface area (Å²) in [5.74, 6) is 0.435. The molecule has 0 saturated carbocycles. The van der Waals surface area contributed by atoms with Crippen LogP contribution in [0.25, 0.3) is 0 Å². The van der Waals surface area contributed by atoms with Crippen LogP contribution in [0.2, 0.25) is 0 Å². The second-order valence-electron chi connectivity index (χ2n) is 6.16. The number of nitrogens with zero attached hydrogens (tertiary/aromatic N) is 2. The lowest BCUT2D eigenvalue weighted by molar-refractivity contribution is 0.399. The number of rotatable bonds is 13. The second-order valence-corrected chi connectivity index (χ2v) is 8.91. The highest BCUT2D eigenvalue weighted by molar-refractivity contribution is 7.89. The summed E-state index contributed by atoms with van der Waals surface area (Å²) in [5.41, 5.74) is 4.85. The van der Waals surface area contributed by atoms with Gasteiger partial charge in [-0.15, -0.1) is 0 Å². The summed E-state index contributed by atoms with van der Waals surface area (Å²) in [5, 5.41) is 4.37. The van der Waals surface area contributed by atoms with Gasteiger partial charge in [0.2, 0.25) is 10.0 Å². The molecule has 0 rings (SSSR count). The molecule has 0 aromatic carbocycles. The van der Waals surface area contributed by atoms with Crippen molar-refractivity contribution >= 4 is 28.3 Å². The quantitative estimate of drug-likeness (QED) is 0.211. The van der Waals surface area contributed by atoms with Crippen molar-refractivity contribution in [3.63, 3.8) is 0 Å². The minimum absolute atomic E-state index is 0.145. The molecule has 0 aliphatic heterocycles. The number of hydrazone groups is 1. The van der Waals surface area contributed by atoms with E-state index in [0.29, 0.717) is 30.5 Å². The van der Waals surface area contributed by atoms with Crippen molar-refractivity contribution in [2.24, 2.45) is 11.0 Å². The molecule has 0 aliphatic rings. The van der Waals surface area contributed by atoms with Gasteiger partial charge in [-0.25, -0.2) is 12.7 Å². The third kappa shape index (κ3) is 9.55. The fourth-order valence-corrected chi connectivity index (χ4v) is 3.71. The first-order chi connectivity index (χ1) is 12.2. The smallest absolute Gasteiger partial charge is 0.213 e. The Kier molecular flexibility index (Phi) is 12.6. The molecule has 0 aromatic rings. The topological polar surface area (TPSA) is 61.8 Å². The Labute approximate surface area is 164 Å². The molecule has 0 radical (unpaired) electrons. The molecule has 7 heteroatoms. The van der Waals surface area contributed by atoms with Gasteiger partial charge < -0.3 is 0 Å². The fourth-order valence-electron chi connectivity index (χ4n) is 2.38. The lowest BCUT2D eigenvalue weighted by Crippen LogP contribution is -2.33. The van der Waals surface area contributed by atoms with Crippen LogP contribution in [0.1, 0.15) is 53.9 Å². The summed E-state index contributed by atoms with van der Waals surface area (Å²) in [7, 11) is -3.13. The van der Waals surface area contributed by atoms with Gasteiger partial charge in [-0.05, 0) is 38.7 Å². The van der Waals surface area contributed by atoms with Crippen molar-refractivity contribution in [2.45, 2.75) is 53.9 Å². The highest BCUT2D eigenvalue weighted by Crippen LogP contribution is 2.19. The standard InChI is InChI=1S/C19H34ClN3O2S/c1-7-10-19(22-21-6)15-18(20)12-11-16(4)17(5)13-14-23(8-2)26(24,25)9-3/h10-11,15,17,22H,6-9,12-14H2,1-5H3/b16-11+,18-15+,19-10-. The van der Waals surface area contributed by atoms with Gasteiger partial charge in [0, 0.05) is 31.3 Å². The number of halogens is 1. The molecule has 0 amide bonds. The maximum absolute atomic E-state index is 12.0. The Morgan fingerprint density at radius 3 is 2.46 bits per heavy atom. The SMILES string of the molecule is C=NNC(=C\CC)/C=C(/Cl)C/C=C(\C)C(C)CCN(CC)S(=O)(=O)CC. The Morgan fingerprint density at radius 1 is 1.31 bits per heavy atom.